The van der Waals surface area contributed by atoms with Gasteiger partial charge in [0.2, 0.25) is 5.91 Å². The van der Waals surface area contributed by atoms with Crippen molar-refractivity contribution in [2.24, 2.45) is 0 Å². The van der Waals surface area contributed by atoms with Crippen LogP contribution in [-0.2, 0) is 4.79 Å². The number of aromatic nitrogens is 1. The van der Waals surface area contributed by atoms with E-state index in [-0.39, 0.29) is 24.2 Å². The summed E-state index contributed by atoms with van der Waals surface area (Å²) >= 11 is 5.85. The third-order valence-corrected chi connectivity index (χ3v) is 4.21. The Bertz CT molecular complexity index is 713. The maximum Gasteiger partial charge on any atom is 0.238 e. The second-order valence-electron chi connectivity index (χ2n) is 5.65. The molecule has 1 saturated heterocycles. The van der Waals surface area contributed by atoms with E-state index >= 15 is 0 Å². The lowest BCUT2D eigenvalue weighted by Gasteiger charge is -2.35. The van der Waals surface area contributed by atoms with Crippen LogP contribution in [0.1, 0.15) is 11.6 Å². The zero-order valence-corrected chi connectivity index (χ0v) is 13.8. The zero-order valence-electron chi connectivity index (χ0n) is 13.0. The number of hydrogen-bond acceptors (Lipinski definition) is 4. The maximum absolute atomic E-state index is 13.7. The Morgan fingerprint density at radius 2 is 2.33 bits per heavy atom. The van der Waals surface area contributed by atoms with E-state index in [1.54, 1.807) is 12.4 Å². The summed E-state index contributed by atoms with van der Waals surface area (Å²) in [5.41, 5.74) is 1.15. The highest BCUT2D eigenvalue weighted by Crippen LogP contribution is 2.22. The summed E-state index contributed by atoms with van der Waals surface area (Å²) in [6.45, 7) is 2.44. The molecule has 2 N–H and O–H groups in total. The number of carbonyl (C=O) groups is 1. The van der Waals surface area contributed by atoms with E-state index in [1.165, 1.54) is 18.2 Å². The first kappa shape index (κ1) is 16.8. The molecule has 2 heterocycles. The van der Waals surface area contributed by atoms with E-state index in [4.69, 9.17) is 11.6 Å². The summed E-state index contributed by atoms with van der Waals surface area (Å²) in [7, 11) is 0. The Morgan fingerprint density at radius 1 is 1.46 bits per heavy atom. The molecule has 0 bridgehead atoms. The molecule has 1 aliphatic rings. The molecule has 0 spiro atoms. The number of piperazine rings is 1. The van der Waals surface area contributed by atoms with Crippen LogP contribution >= 0.6 is 11.6 Å². The van der Waals surface area contributed by atoms with Crippen molar-refractivity contribution in [2.45, 2.75) is 6.04 Å². The van der Waals surface area contributed by atoms with Crippen molar-refractivity contribution < 1.29 is 9.18 Å². The number of benzene rings is 1. The minimum atomic E-state index is -0.503. The Hall–Kier alpha value is -2.02. The monoisotopic (exact) mass is 348 g/mol. The highest BCUT2D eigenvalue weighted by molar-refractivity contribution is 6.30. The zero-order chi connectivity index (χ0) is 16.9. The molecular weight excluding hydrogens is 331 g/mol. The van der Waals surface area contributed by atoms with Crippen molar-refractivity contribution in [2.75, 3.05) is 31.5 Å². The van der Waals surface area contributed by atoms with Crippen LogP contribution in [0.15, 0.2) is 42.7 Å². The molecule has 1 amide bonds. The first-order valence-corrected chi connectivity index (χ1v) is 8.11. The van der Waals surface area contributed by atoms with Crippen LogP contribution < -0.4 is 10.6 Å². The maximum atomic E-state index is 13.7. The number of halogens is 2. The molecule has 2 aromatic rings. The van der Waals surface area contributed by atoms with Crippen LogP contribution in [0.4, 0.5) is 10.1 Å². The molecule has 1 aliphatic heterocycles. The second kappa shape index (κ2) is 7.70. The second-order valence-corrected chi connectivity index (χ2v) is 6.09. The number of rotatable bonds is 4. The number of hydrogen-bond donors (Lipinski definition) is 2. The Morgan fingerprint density at radius 3 is 3.12 bits per heavy atom. The van der Waals surface area contributed by atoms with Crippen LogP contribution in [0.3, 0.4) is 0 Å². The minimum Gasteiger partial charge on any atom is -0.322 e. The Balaban J connectivity index is 1.69. The number of anilines is 1. The molecule has 24 heavy (non-hydrogen) atoms. The largest absolute Gasteiger partial charge is 0.322 e. The highest BCUT2D eigenvalue weighted by Gasteiger charge is 2.25. The van der Waals surface area contributed by atoms with Gasteiger partial charge in [-0.05, 0) is 29.8 Å². The molecule has 0 aliphatic carbocycles. The van der Waals surface area contributed by atoms with Crippen LogP contribution in [0.2, 0.25) is 5.02 Å². The third kappa shape index (κ3) is 4.08. The van der Waals surface area contributed by atoms with E-state index in [1.807, 2.05) is 12.1 Å². The van der Waals surface area contributed by atoms with Crippen LogP contribution in [0, 0.1) is 5.82 Å². The fourth-order valence-corrected chi connectivity index (χ4v) is 2.98. The van der Waals surface area contributed by atoms with E-state index < -0.39 is 5.82 Å². The lowest BCUT2D eigenvalue weighted by atomic mass is 10.1. The molecule has 1 unspecified atom stereocenters. The number of nitrogens with one attached hydrogen (secondary N) is 2. The van der Waals surface area contributed by atoms with Crippen molar-refractivity contribution in [3.8, 4) is 0 Å². The van der Waals surface area contributed by atoms with Gasteiger partial charge in [-0.1, -0.05) is 17.7 Å². The SMILES string of the molecule is O=C(CN1CCNCC1c1cccnc1)Nc1cc(Cl)ccc1F. The van der Waals surface area contributed by atoms with Crippen molar-refractivity contribution >= 4 is 23.2 Å². The quantitative estimate of drug-likeness (QED) is 0.891. The Kier molecular flexibility index (Phi) is 5.40. The summed E-state index contributed by atoms with van der Waals surface area (Å²) in [6.07, 6.45) is 3.53. The molecule has 3 rings (SSSR count). The van der Waals surface area contributed by atoms with Crippen LogP contribution in [0.5, 0.6) is 0 Å². The van der Waals surface area contributed by atoms with E-state index in [9.17, 15) is 9.18 Å². The molecule has 0 saturated carbocycles. The smallest absolute Gasteiger partial charge is 0.238 e. The van der Waals surface area contributed by atoms with Gasteiger partial charge in [-0.3, -0.25) is 14.7 Å². The van der Waals surface area contributed by atoms with Crippen molar-refractivity contribution in [3.05, 3.63) is 59.1 Å². The van der Waals surface area contributed by atoms with Gasteiger partial charge in [0.1, 0.15) is 5.82 Å². The molecule has 126 valence electrons. The van der Waals surface area contributed by atoms with E-state index in [0.717, 1.165) is 25.2 Å². The molecule has 0 radical (unpaired) electrons. The molecule has 1 aromatic carbocycles. The van der Waals surface area contributed by atoms with Gasteiger partial charge in [-0.25, -0.2) is 4.39 Å². The fourth-order valence-electron chi connectivity index (χ4n) is 2.80. The molecule has 5 nitrogen and oxygen atoms in total. The van der Waals surface area contributed by atoms with Crippen LogP contribution in [0.25, 0.3) is 0 Å². The average Bonchev–Trinajstić information content (AvgIpc) is 2.59. The van der Waals surface area contributed by atoms with E-state index in [2.05, 4.69) is 20.5 Å². The first-order chi connectivity index (χ1) is 11.6. The fraction of sp³-hybridized carbons (Fsp3) is 0.294. The van der Waals surface area contributed by atoms with Gasteiger partial charge in [-0.2, -0.15) is 0 Å². The first-order valence-electron chi connectivity index (χ1n) is 7.73. The van der Waals surface area contributed by atoms with Gasteiger partial charge < -0.3 is 10.6 Å². The molecule has 1 atom stereocenters. The van der Waals surface area contributed by atoms with Crippen molar-refractivity contribution in [1.29, 1.82) is 0 Å². The van der Waals surface area contributed by atoms with Crippen molar-refractivity contribution in [3.63, 3.8) is 0 Å². The topological polar surface area (TPSA) is 57.3 Å². The highest BCUT2D eigenvalue weighted by atomic mass is 35.5. The Labute approximate surface area is 144 Å². The minimum absolute atomic E-state index is 0.0578. The summed E-state index contributed by atoms with van der Waals surface area (Å²) in [4.78, 5) is 18.5. The summed E-state index contributed by atoms with van der Waals surface area (Å²) in [6, 6.07) is 8.02. The number of nitrogens with zero attached hydrogens (tertiary/aromatic N) is 2. The lowest BCUT2D eigenvalue weighted by molar-refractivity contribution is -0.118. The third-order valence-electron chi connectivity index (χ3n) is 3.97. The lowest BCUT2D eigenvalue weighted by Crippen LogP contribution is -2.48. The number of amides is 1. The van der Waals surface area contributed by atoms with Crippen molar-refractivity contribution in [1.82, 2.24) is 15.2 Å². The summed E-state index contributed by atoms with van der Waals surface area (Å²) in [5.74, 6) is -0.774. The standard InChI is InChI=1S/C17H18ClFN4O/c18-13-3-4-14(19)15(8-13)22-17(24)11-23-7-6-21-10-16(23)12-2-1-5-20-9-12/h1-5,8-9,16,21H,6-7,10-11H2,(H,22,24). The molecular formula is C17H18ClFN4O. The van der Waals surface area contributed by atoms with Gasteiger partial charge in [0.25, 0.3) is 0 Å². The predicted octanol–water partition coefficient (Wildman–Crippen LogP) is 2.46. The molecule has 1 aromatic heterocycles. The van der Waals surface area contributed by atoms with Crippen LogP contribution in [-0.4, -0.2) is 42.0 Å². The number of carbonyl (C=O) groups excluding carboxylic acids is 1. The molecule has 7 heteroatoms. The summed E-state index contributed by atoms with van der Waals surface area (Å²) in [5, 5.41) is 6.30. The van der Waals surface area contributed by atoms with Gasteiger partial charge in [-0.15, -0.1) is 0 Å². The van der Waals surface area contributed by atoms with Gasteiger partial charge in [0.15, 0.2) is 0 Å². The average molecular weight is 349 g/mol. The van der Waals surface area contributed by atoms with E-state index in [0.29, 0.717) is 5.02 Å². The summed E-state index contributed by atoms with van der Waals surface area (Å²) < 4.78 is 13.7. The van der Waals surface area contributed by atoms with Gasteiger partial charge >= 0.3 is 0 Å². The van der Waals surface area contributed by atoms with Gasteiger partial charge in [0, 0.05) is 43.1 Å². The normalized spacial score (nSPS) is 18.3. The van der Waals surface area contributed by atoms with Gasteiger partial charge in [0.05, 0.1) is 12.2 Å². The molecule has 1 fully saturated rings. The predicted molar refractivity (Wildman–Crippen MR) is 91.5 cm³/mol. The number of pyridine rings is 1.